The number of hydrogen-bond acceptors (Lipinski definition) is 3. The van der Waals surface area contributed by atoms with Gasteiger partial charge in [0.2, 0.25) is 0 Å². The van der Waals surface area contributed by atoms with Crippen LogP contribution in [0.25, 0.3) is 11.1 Å². The average Bonchev–Trinajstić information content (AvgIpc) is 2.87. The van der Waals surface area contributed by atoms with Crippen molar-refractivity contribution in [3.8, 4) is 34.8 Å². The highest BCUT2D eigenvalue weighted by Crippen LogP contribution is 2.27. The molecule has 1 saturated carbocycles. The summed E-state index contributed by atoms with van der Waals surface area (Å²) in [6.07, 6.45) is 7.00. The number of nitrogens with zero attached hydrogens (tertiary/aromatic N) is 1. The van der Waals surface area contributed by atoms with E-state index in [0.29, 0.717) is 35.0 Å². The Kier molecular flexibility index (Phi) is 7.01. The van der Waals surface area contributed by atoms with Crippen LogP contribution in [0.3, 0.4) is 0 Å². The lowest BCUT2D eigenvalue weighted by atomic mass is 9.90. The van der Waals surface area contributed by atoms with Crippen molar-refractivity contribution in [3.05, 3.63) is 89.0 Å². The van der Waals surface area contributed by atoms with Gasteiger partial charge in [0.25, 0.3) is 0 Å². The highest BCUT2D eigenvalue weighted by atomic mass is 16.5. The molecule has 0 bridgehead atoms. The molecule has 0 atom stereocenters. The Hall–Kier alpha value is -3.82. The normalized spacial score (nSPS) is 13.5. The summed E-state index contributed by atoms with van der Waals surface area (Å²) in [6, 6.07) is 23.3. The van der Waals surface area contributed by atoms with E-state index in [0.717, 1.165) is 23.0 Å². The van der Waals surface area contributed by atoms with Crippen molar-refractivity contribution in [2.24, 2.45) is 5.92 Å². The molecule has 32 heavy (non-hydrogen) atoms. The molecule has 0 aromatic heterocycles. The van der Waals surface area contributed by atoms with Gasteiger partial charge in [0.05, 0.1) is 17.7 Å². The molecule has 0 heterocycles. The molecule has 0 radical (unpaired) electrons. The van der Waals surface area contributed by atoms with Crippen LogP contribution in [0.5, 0.6) is 5.75 Å². The number of ether oxygens (including phenoxy) is 1. The Morgan fingerprint density at radius 3 is 2.50 bits per heavy atom. The quantitative estimate of drug-likeness (QED) is 0.355. The van der Waals surface area contributed by atoms with Crippen molar-refractivity contribution in [1.29, 1.82) is 5.26 Å². The summed E-state index contributed by atoms with van der Waals surface area (Å²) >= 11 is 0. The van der Waals surface area contributed by atoms with E-state index in [2.05, 4.69) is 17.9 Å². The van der Waals surface area contributed by atoms with E-state index in [4.69, 9.17) is 4.74 Å². The monoisotopic (exact) mass is 419 g/mol. The predicted octanol–water partition coefficient (Wildman–Crippen LogP) is 6.40. The summed E-state index contributed by atoms with van der Waals surface area (Å²) < 4.78 is 6.03. The summed E-state index contributed by atoms with van der Waals surface area (Å²) in [6.45, 7) is 0.634. The van der Waals surface area contributed by atoms with Crippen LogP contribution in [0.2, 0.25) is 0 Å². The van der Waals surface area contributed by atoms with Crippen LogP contribution >= 0.6 is 0 Å². The smallest absolute Gasteiger partial charge is 0.153 e. The van der Waals surface area contributed by atoms with Gasteiger partial charge in [-0.3, -0.25) is 4.79 Å². The van der Waals surface area contributed by atoms with Crippen LogP contribution in [-0.2, 0) is 0 Å². The molecule has 3 aromatic carbocycles. The molecule has 1 fully saturated rings. The van der Waals surface area contributed by atoms with Gasteiger partial charge >= 0.3 is 0 Å². The number of carbonyl (C=O) groups excluding carboxylic acids is 1. The first-order valence-electron chi connectivity index (χ1n) is 11.1. The van der Waals surface area contributed by atoms with E-state index in [1.54, 1.807) is 6.07 Å². The predicted molar refractivity (Wildman–Crippen MR) is 126 cm³/mol. The Labute approximate surface area is 189 Å². The van der Waals surface area contributed by atoms with Gasteiger partial charge in [-0.25, -0.2) is 0 Å². The third-order valence-electron chi connectivity index (χ3n) is 5.94. The molecular formula is C29H25NO2. The van der Waals surface area contributed by atoms with Crippen LogP contribution in [0.1, 0.15) is 59.2 Å². The fraction of sp³-hybridized carbons (Fsp3) is 0.241. The zero-order chi connectivity index (χ0) is 22.2. The molecule has 1 aliphatic carbocycles. The summed E-state index contributed by atoms with van der Waals surface area (Å²) in [5.41, 5.74) is 4.38. The van der Waals surface area contributed by atoms with Crippen molar-refractivity contribution in [2.45, 2.75) is 32.1 Å². The Morgan fingerprint density at radius 1 is 0.938 bits per heavy atom. The number of rotatable bonds is 5. The zero-order valence-electron chi connectivity index (χ0n) is 18.0. The van der Waals surface area contributed by atoms with Gasteiger partial charge in [-0.15, -0.1) is 0 Å². The minimum atomic E-state index is 0.537. The largest absolute Gasteiger partial charge is 0.493 e. The van der Waals surface area contributed by atoms with Crippen LogP contribution in [-0.4, -0.2) is 12.9 Å². The molecule has 0 unspecified atom stereocenters. The molecule has 3 nitrogen and oxygen atoms in total. The Balaban J connectivity index is 1.59. The minimum Gasteiger partial charge on any atom is -0.493 e. The second kappa shape index (κ2) is 10.5. The SMILES string of the molecule is N#Cc1c(C#Cc2ccc(C=O)c(OCC3CCCCC3)c2)cccc1-c1ccccc1. The molecule has 0 saturated heterocycles. The van der Waals surface area contributed by atoms with Crippen molar-refractivity contribution >= 4 is 6.29 Å². The summed E-state index contributed by atoms with van der Waals surface area (Å²) in [4.78, 5) is 11.5. The molecule has 3 aromatic rings. The van der Waals surface area contributed by atoms with Crippen molar-refractivity contribution < 1.29 is 9.53 Å². The molecule has 158 valence electrons. The van der Waals surface area contributed by atoms with Crippen LogP contribution < -0.4 is 4.74 Å². The molecule has 0 aliphatic heterocycles. The third-order valence-corrected chi connectivity index (χ3v) is 5.94. The molecule has 1 aliphatic rings. The van der Waals surface area contributed by atoms with Gasteiger partial charge in [-0.05, 0) is 48.6 Å². The van der Waals surface area contributed by atoms with E-state index in [1.165, 1.54) is 32.1 Å². The topological polar surface area (TPSA) is 50.1 Å². The van der Waals surface area contributed by atoms with Gasteiger partial charge < -0.3 is 4.74 Å². The second-order valence-corrected chi connectivity index (χ2v) is 8.14. The van der Waals surface area contributed by atoms with Gasteiger partial charge in [0, 0.05) is 16.7 Å². The molecular weight excluding hydrogens is 394 g/mol. The van der Waals surface area contributed by atoms with E-state index in [-0.39, 0.29) is 0 Å². The number of hydrogen-bond donors (Lipinski definition) is 0. The Bertz CT molecular complexity index is 1190. The lowest BCUT2D eigenvalue weighted by Gasteiger charge is -2.22. The van der Waals surface area contributed by atoms with Crippen LogP contribution in [0, 0.1) is 29.1 Å². The molecule has 4 rings (SSSR count). The van der Waals surface area contributed by atoms with E-state index < -0.39 is 0 Å². The lowest BCUT2D eigenvalue weighted by molar-refractivity contribution is 0.111. The van der Waals surface area contributed by atoms with Crippen molar-refractivity contribution in [2.75, 3.05) is 6.61 Å². The van der Waals surface area contributed by atoms with E-state index >= 15 is 0 Å². The molecule has 0 amide bonds. The second-order valence-electron chi connectivity index (χ2n) is 8.14. The van der Waals surface area contributed by atoms with Gasteiger partial charge in [0.1, 0.15) is 11.8 Å². The summed E-state index contributed by atoms with van der Waals surface area (Å²) in [5.74, 6) is 7.42. The number of nitriles is 1. The van der Waals surface area contributed by atoms with Gasteiger partial charge in [-0.1, -0.05) is 73.6 Å². The first-order chi connectivity index (χ1) is 15.8. The first kappa shape index (κ1) is 21.4. The highest BCUT2D eigenvalue weighted by Gasteiger charge is 2.15. The fourth-order valence-corrected chi connectivity index (χ4v) is 4.17. The van der Waals surface area contributed by atoms with Crippen molar-refractivity contribution in [3.63, 3.8) is 0 Å². The van der Waals surface area contributed by atoms with Crippen LogP contribution in [0.15, 0.2) is 66.7 Å². The molecule has 3 heteroatoms. The number of aldehydes is 1. The highest BCUT2D eigenvalue weighted by molar-refractivity contribution is 5.80. The lowest BCUT2D eigenvalue weighted by Crippen LogP contribution is -2.15. The standard InChI is InChI=1S/C29H25NO2/c30-19-28-25(12-7-13-27(28)24-10-5-2-6-11-24)16-14-22-15-17-26(20-31)29(18-22)32-21-23-8-3-1-4-9-23/h2,5-7,10-13,15,17-18,20,23H,1,3-4,8-9,21H2. The van der Waals surface area contributed by atoms with E-state index in [1.807, 2.05) is 60.7 Å². The third kappa shape index (κ3) is 5.08. The molecule has 0 N–H and O–H groups in total. The minimum absolute atomic E-state index is 0.537. The first-order valence-corrected chi connectivity index (χ1v) is 11.1. The molecule has 0 spiro atoms. The summed E-state index contributed by atoms with van der Waals surface area (Å²) in [5, 5.41) is 9.79. The number of carbonyl (C=O) groups is 1. The maximum absolute atomic E-state index is 11.5. The van der Waals surface area contributed by atoms with Gasteiger partial charge in [-0.2, -0.15) is 5.26 Å². The fourth-order valence-electron chi connectivity index (χ4n) is 4.17. The maximum Gasteiger partial charge on any atom is 0.153 e. The summed E-state index contributed by atoms with van der Waals surface area (Å²) in [7, 11) is 0. The zero-order valence-corrected chi connectivity index (χ0v) is 18.0. The maximum atomic E-state index is 11.5. The average molecular weight is 420 g/mol. The Morgan fingerprint density at radius 2 is 1.75 bits per heavy atom. The number of benzene rings is 3. The van der Waals surface area contributed by atoms with Crippen molar-refractivity contribution in [1.82, 2.24) is 0 Å². The van der Waals surface area contributed by atoms with E-state index in [9.17, 15) is 10.1 Å². The van der Waals surface area contributed by atoms with Gasteiger partial charge in [0.15, 0.2) is 6.29 Å². The van der Waals surface area contributed by atoms with Crippen LogP contribution in [0.4, 0.5) is 0 Å².